The van der Waals surface area contributed by atoms with Gasteiger partial charge in [0.05, 0.1) is 18.6 Å². The number of halogens is 1. The maximum absolute atomic E-state index is 13.4. The van der Waals surface area contributed by atoms with Crippen molar-refractivity contribution in [1.82, 2.24) is 19.8 Å². The first kappa shape index (κ1) is 20.4. The summed E-state index contributed by atoms with van der Waals surface area (Å²) in [5, 5.41) is 14.0. The van der Waals surface area contributed by atoms with Crippen LogP contribution in [0.25, 0.3) is 11.0 Å². The predicted molar refractivity (Wildman–Crippen MR) is 112 cm³/mol. The number of nitrogens with one attached hydrogen (secondary N) is 1. The smallest absolute Gasteiger partial charge is 0.268 e. The number of carbonyl (C=O) groups is 1. The number of aromatic hydroxyl groups is 1. The summed E-state index contributed by atoms with van der Waals surface area (Å²) < 4.78 is 20.4. The summed E-state index contributed by atoms with van der Waals surface area (Å²) in [6.07, 6.45) is 3.68. The number of rotatable bonds is 5. The number of hydrogen-bond acceptors (Lipinski definition) is 6. The van der Waals surface area contributed by atoms with Crippen LogP contribution < -0.4 is 10.9 Å². The summed E-state index contributed by atoms with van der Waals surface area (Å²) in [4.78, 5) is 32.9. The van der Waals surface area contributed by atoms with Crippen molar-refractivity contribution in [3.8, 4) is 5.75 Å². The fourth-order valence-corrected chi connectivity index (χ4v) is 5.12. The molecule has 2 N–H and O–H groups in total. The zero-order chi connectivity index (χ0) is 21.5. The van der Waals surface area contributed by atoms with E-state index < -0.39 is 17.6 Å². The van der Waals surface area contributed by atoms with Gasteiger partial charge in [0.2, 0.25) is 0 Å². The summed E-state index contributed by atoms with van der Waals surface area (Å²) in [6.45, 7) is 2.42. The molecule has 31 heavy (non-hydrogen) atoms. The Balaban J connectivity index is 1.44. The molecule has 5 rings (SSSR count). The third-order valence-corrected chi connectivity index (χ3v) is 6.90. The highest BCUT2D eigenvalue weighted by Crippen LogP contribution is 2.31. The first-order valence-corrected chi connectivity index (χ1v) is 11.0. The molecule has 9 heteroatoms. The molecule has 8 nitrogen and oxygen atoms in total. The highest BCUT2D eigenvalue weighted by atomic mass is 19.1. The van der Waals surface area contributed by atoms with Crippen molar-refractivity contribution in [2.75, 3.05) is 19.8 Å². The molecular weight excluding hydrogens is 403 g/mol. The number of aromatic nitrogens is 2. The molecule has 2 aromatic rings. The zero-order valence-electron chi connectivity index (χ0n) is 17.3. The monoisotopic (exact) mass is 430 g/mol. The number of carbonyl (C=O) groups excluding carboxylic acids is 1. The Hall–Kier alpha value is -2.52. The molecule has 1 aliphatic carbocycles. The van der Waals surface area contributed by atoms with Gasteiger partial charge in [-0.1, -0.05) is 0 Å². The van der Waals surface area contributed by atoms with Crippen LogP contribution >= 0.6 is 0 Å². The topological polar surface area (TPSA) is 96.7 Å². The Kier molecular flexibility index (Phi) is 5.39. The van der Waals surface area contributed by atoms with Gasteiger partial charge in [-0.2, -0.15) is 0 Å². The van der Waals surface area contributed by atoms with Gasteiger partial charge in [-0.05, 0) is 44.2 Å². The van der Waals surface area contributed by atoms with Crippen LogP contribution in [0.15, 0.2) is 23.1 Å². The molecule has 2 saturated heterocycles. The number of nitrogens with zero attached hydrogens (tertiary/aromatic N) is 3. The molecule has 1 amide bonds. The summed E-state index contributed by atoms with van der Waals surface area (Å²) >= 11 is 0. The molecule has 2 atom stereocenters. The van der Waals surface area contributed by atoms with E-state index in [9.17, 15) is 19.1 Å². The molecule has 4 heterocycles. The van der Waals surface area contributed by atoms with Crippen molar-refractivity contribution in [3.05, 3.63) is 34.2 Å². The number of morpholine rings is 1. The second-order valence-corrected chi connectivity index (χ2v) is 8.80. The molecule has 2 bridgehead atoms. The summed E-state index contributed by atoms with van der Waals surface area (Å²) in [6, 6.07) is 3.87. The van der Waals surface area contributed by atoms with E-state index >= 15 is 0 Å². The van der Waals surface area contributed by atoms with Gasteiger partial charge in [0.1, 0.15) is 23.1 Å². The van der Waals surface area contributed by atoms with E-state index in [1.54, 1.807) is 18.3 Å². The van der Waals surface area contributed by atoms with E-state index in [1.807, 2.05) is 0 Å². The van der Waals surface area contributed by atoms with Crippen LogP contribution in [0.1, 0.15) is 42.5 Å². The van der Waals surface area contributed by atoms with Gasteiger partial charge < -0.3 is 15.2 Å². The van der Waals surface area contributed by atoms with E-state index in [4.69, 9.17) is 4.74 Å². The highest BCUT2D eigenvalue weighted by molar-refractivity contribution is 6.01. The molecule has 0 spiro atoms. The van der Waals surface area contributed by atoms with Crippen molar-refractivity contribution in [3.63, 3.8) is 0 Å². The Morgan fingerprint density at radius 3 is 2.68 bits per heavy atom. The van der Waals surface area contributed by atoms with Gasteiger partial charge in [-0.3, -0.25) is 19.1 Å². The van der Waals surface area contributed by atoms with Crippen LogP contribution in [0.3, 0.4) is 0 Å². The summed E-state index contributed by atoms with van der Waals surface area (Å²) in [5.41, 5.74) is -0.460. The normalized spacial score (nSPS) is 28.3. The lowest BCUT2D eigenvalue weighted by molar-refractivity contribution is -0.127. The first-order chi connectivity index (χ1) is 15.0. The number of pyridine rings is 2. The van der Waals surface area contributed by atoms with Crippen LogP contribution in [-0.4, -0.2) is 69.5 Å². The van der Waals surface area contributed by atoms with Crippen molar-refractivity contribution in [2.24, 2.45) is 0 Å². The Labute approximate surface area is 179 Å². The van der Waals surface area contributed by atoms with Crippen molar-refractivity contribution in [2.45, 2.75) is 62.9 Å². The van der Waals surface area contributed by atoms with Crippen molar-refractivity contribution < 1.29 is 19.0 Å². The SMILES string of the molecule is O=C(NC1CCC(F)CC1)c1c(O)c2cccnc2n(CCN2C3COCC2C3)c1=O. The van der Waals surface area contributed by atoms with Crippen LogP contribution in [0, 0.1) is 0 Å². The van der Waals surface area contributed by atoms with Gasteiger partial charge >= 0.3 is 0 Å². The van der Waals surface area contributed by atoms with E-state index in [2.05, 4.69) is 15.2 Å². The predicted octanol–water partition coefficient (Wildman–Crippen LogP) is 1.59. The van der Waals surface area contributed by atoms with E-state index in [-0.39, 0.29) is 17.4 Å². The molecule has 2 unspecified atom stereocenters. The number of ether oxygens (including phenoxy) is 1. The number of hydrogen-bond donors (Lipinski definition) is 2. The fourth-order valence-electron chi connectivity index (χ4n) is 5.12. The van der Waals surface area contributed by atoms with Gasteiger partial charge in [-0.25, -0.2) is 9.37 Å². The summed E-state index contributed by atoms with van der Waals surface area (Å²) in [5.74, 6) is -0.964. The minimum absolute atomic E-state index is 0.197. The van der Waals surface area contributed by atoms with Gasteiger partial charge in [0, 0.05) is 37.4 Å². The average molecular weight is 430 g/mol. The summed E-state index contributed by atoms with van der Waals surface area (Å²) in [7, 11) is 0. The minimum Gasteiger partial charge on any atom is -0.506 e. The largest absolute Gasteiger partial charge is 0.506 e. The third kappa shape index (κ3) is 3.70. The second-order valence-electron chi connectivity index (χ2n) is 8.80. The number of alkyl halides is 1. The lowest BCUT2D eigenvalue weighted by atomic mass is 9.91. The van der Waals surface area contributed by atoms with E-state index in [0.29, 0.717) is 75.1 Å². The standard InChI is InChI=1S/C22H27FN4O4/c23-13-3-5-14(6-4-13)25-21(29)18-19(28)17-2-1-7-24-20(17)27(22(18)30)9-8-26-15-10-16(26)12-31-11-15/h1-2,7,13-16,28H,3-6,8-12H2,(H,25,29). The van der Waals surface area contributed by atoms with E-state index in [1.165, 1.54) is 4.57 Å². The Morgan fingerprint density at radius 2 is 1.97 bits per heavy atom. The lowest BCUT2D eigenvalue weighted by Crippen LogP contribution is -2.64. The maximum Gasteiger partial charge on any atom is 0.268 e. The van der Waals surface area contributed by atoms with Gasteiger partial charge in [-0.15, -0.1) is 0 Å². The molecule has 0 radical (unpaired) electrons. The molecule has 3 fully saturated rings. The first-order valence-electron chi connectivity index (χ1n) is 11.0. The quantitative estimate of drug-likeness (QED) is 0.748. The Morgan fingerprint density at radius 1 is 1.23 bits per heavy atom. The van der Waals surface area contributed by atoms with Crippen LogP contribution in [0.5, 0.6) is 5.75 Å². The van der Waals surface area contributed by atoms with Crippen molar-refractivity contribution in [1.29, 1.82) is 0 Å². The molecule has 2 aliphatic heterocycles. The van der Waals surface area contributed by atoms with Crippen LogP contribution in [-0.2, 0) is 11.3 Å². The molecule has 1 saturated carbocycles. The maximum atomic E-state index is 13.4. The third-order valence-electron chi connectivity index (χ3n) is 6.90. The van der Waals surface area contributed by atoms with Gasteiger partial charge in [0.15, 0.2) is 0 Å². The minimum atomic E-state index is -0.836. The second kappa shape index (κ2) is 8.20. The lowest BCUT2D eigenvalue weighted by Gasteiger charge is -2.52. The van der Waals surface area contributed by atoms with Crippen molar-refractivity contribution >= 4 is 16.9 Å². The average Bonchev–Trinajstić information content (AvgIpc) is 2.78. The zero-order valence-corrected chi connectivity index (χ0v) is 17.3. The van der Waals surface area contributed by atoms with Crippen LogP contribution in [0.4, 0.5) is 4.39 Å². The van der Waals surface area contributed by atoms with E-state index in [0.717, 1.165) is 6.42 Å². The molecular formula is C22H27FN4O4. The van der Waals surface area contributed by atoms with Crippen LogP contribution in [0.2, 0.25) is 0 Å². The fraction of sp³-hybridized carbons (Fsp3) is 0.591. The molecule has 0 aromatic carbocycles. The number of fused-ring (bicyclic) bond motifs is 3. The van der Waals surface area contributed by atoms with Gasteiger partial charge in [0.25, 0.3) is 11.5 Å². The highest BCUT2D eigenvalue weighted by Gasteiger charge is 2.41. The number of amides is 1. The molecule has 166 valence electrons. The Bertz CT molecular complexity index is 1040. The molecule has 2 aromatic heterocycles. The molecule has 3 aliphatic rings.